The summed E-state index contributed by atoms with van der Waals surface area (Å²) in [5, 5.41) is 15.4. The molecule has 0 bridgehead atoms. The number of aromatic nitrogens is 1. The van der Waals surface area contributed by atoms with Crippen molar-refractivity contribution in [3.05, 3.63) is 91.0 Å². The summed E-state index contributed by atoms with van der Waals surface area (Å²) in [6.45, 7) is 0.737. The normalized spacial score (nSPS) is 12.6. The van der Waals surface area contributed by atoms with E-state index in [0.29, 0.717) is 6.54 Å². The lowest BCUT2D eigenvalue weighted by atomic mass is 10.1. The highest BCUT2D eigenvalue weighted by atomic mass is 16.5. The molecule has 0 amide bonds. The summed E-state index contributed by atoms with van der Waals surface area (Å²) in [5.41, 5.74) is 2.27. The van der Waals surface area contributed by atoms with Gasteiger partial charge in [0.25, 0.3) is 0 Å². The van der Waals surface area contributed by atoms with Gasteiger partial charge in [0.2, 0.25) is 0 Å². The topological polar surface area (TPSA) is 34.4 Å². The largest absolute Gasteiger partial charge is 0.491 e. The van der Waals surface area contributed by atoms with E-state index in [-0.39, 0.29) is 6.61 Å². The molecule has 0 saturated heterocycles. The number of para-hydroxylation sites is 2. The summed E-state index contributed by atoms with van der Waals surface area (Å²) in [5.74, 6) is 0.778. The van der Waals surface area contributed by atoms with Crippen LogP contribution in [0, 0.1) is 0 Å². The molecule has 1 heterocycles. The summed E-state index contributed by atoms with van der Waals surface area (Å²) in [7, 11) is 0. The molecule has 28 heavy (non-hydrogen) atoms. The Hall–Kier alpha value is -3.30. The van der Waals surface area contributed by atoms with Crippen LogP contribution < -0.4 is 4.74 Å². The Morgan fingerprint density at radius 3 is 2.04 bits per heavy atom. The van der Waals surface area contributed by atoms with E-state index in [1.165, 1.54) is 16.2 Å². The van der Waals surface area contributed by atoms with Gasteiger partial charge in [-0.1, -0.05) is 66.7 Å². The molecular formula is C25H21NO2. The smallest absolute Gasteiger partial charge is 0.120 e. The first kappa shape index (κ1) is 16.8. The highest BCUT2D eigenvalue weighted by molar-refractivity contribution is 6.07. The van der Waals surface area contributed by atoms with E-state index in [2.05, 4.69) is 53.1 Å². The molecule has 1 aromatic heterocycles. The van der Waals surface area contributed by atoms with Gasteiger partial charge < -0.3 is 14.4 Å². The zero-order valence-electron chi connectivity index (χ0n) is 15.5. The molecule has 1 N–H and O–H groups in total. The molecule has 3 heteroatoms. The fourth-order valence-electron chi connectivity index (χ4n) is 3.91. The van der Waals surface area contributed by atoms with Crippen LogP contribution in [0.25, 0.3) is 32.6 Å². The molecule has 0 aliphatic rings. The van der Waals surface area contributed by atoms with Gasteiger partial charge in [-0.25, -0.2) is 0 Å². The summed E-state index contributed by atoms with van der Waals surface area (Å²) >= 11 is 0. The minimum Gasteiger partial charge on any atom is -0.491 e. The molecule has 0 radical (unpaired) electrons. The van der Waals surface area contributed by atoms with Crippen molar-refractivity contribution in [2.45, 2.75) is 12.6 Å². The van der Waals surface area contributed by atoms with Crippen molar-refractivity contribution >= 4 is 32.6 Å². The fraction of sp³-hybridized carbons (Fsp3) is 0.120. The van der Waals surface area contributed by atoms with Gasteiger partial charge in [-0.15, -0.1) is 0 Å². The number of hydrogen-bond acceptors (Lipinski definition) is 2. The number of aliphatic hydroxyl groups excluding tert-OH is 1. The number of ether oxygens (including phenoxy) is 1. The Bertz CT molecular complexity index is 1220. The molecule has 5 rings (SSSR count). The van der Waals surface area contributed by atoms with Crippen LogP contribution in [0.4, 0.5) is 0 Å². The molecule has 0 fully saturated rings. The first-order valence-corrected chi connectivity index (χ1v) is 9.55. The van der Waals surface area contributed by atoms with Crippen LogP contribution in [0.5, 0.6) is 5.75 Å². The Morgan fingerprint density at radius 2 is 1.32 bits per heavy atom. The zero-order valence-corrected chi connectivity index (χ0v) is 15.5. The molecule has 3 nitrogen and oxygen atoms in total. The van der Waals surface area contributed by atoms with Gasteiger partial charge in [0, 0.05) is 21.8 Å². The van der Waals surface area contributed by atoms with E-state index >= 15 is 0 Å². The maximum atomic E-state index is 10.7. The zero-order chi connectivity index (χ0) is 18.9. The van der Waals surface area contributed by atoms with E-state index in [0.717, 1.165) is 22.2 Å². The molecule has 4 aromatic carbocycles. The summed E-state index contributed by atoms with van der Waals surface area (Å²) in [6.07, 6.45) is -0.606. The highest BCUT2D eigenvalue weighted by Gasteiger charge is 2.14. The Labute approximate surface area is 163 Å². The van der Waals surface area contributed by atoms with Crippen LogP contribution in [0.15, 0.2) is 91.0 Å². The first-order chi connectivity index (χ1) is 13.8. The fourth-order valence-corrected chi connectivity index (χ4v) is 3.91. The second-order valence-corrected chi connectivity index (χ2v) is 7.12. The predicted octanol–water partition coefficient (Wildman–Crippen LogP) is 5.39. The van der Waals surface area contributed by atoms with Crippen molar-refractivity contribution in [3.8, 4) is 5.75 Å². The van der Waals surface area contributed by atoms with E-state index < -0.39 is 6.10 Å². The molecule has 0 saturated carbocycles. The molecule has 0 spiro atoms. The quantitative estimate of drug-likeness (QED) is 0.452. The van der Waals surface area contributed by atoms with Gasteiger partial charge in [-0.05, 0) is 35.0 Å². The highest BCUT2D eigenvalue weighted by Crippen LogP contribution is 2.29. The molecular weight excluding hydrogens is 346 g/mol. The van der Waals surface area contributed by atoms with Crippen molar-refractivity contribution in [1.82, 2.24) is 4.57 Å². The third-order valence-electron chi connectivity index (χ3n) is 5.24. The lowest BCUT2D eigenvalue weighted by molar-refractivity contribution is 0.0946. The van der Waals surface area contributed by atoms with Crippen LogP contribution in [-0.4, -0.2) is 22.4 Å². The lowest BCUT2D eigenvalue weighted by Crippen LogP contribution is -2.23. The van der Waals surface area contributed by atoms with Crippen LogP contribution in [0.1, 0.15) is 0 Å². The molecule has 1 unspecified atom stereocenters. The first-order valence-electron chi connectivity index (χ1n) is 9.55. The number of aliphatic hydroxyl groups is 1. The SMILES string of the molecule is OC(COc1ccc2ccccc2c1)Cn1c2ccccc2c2ccccc21. The summed E-state index contributed by atoms with van der Waals surface area (Å²) in [6, 6.07) is 30.9. The monoisotopic (exact) mass is 367 g/mol. The van der Waals surface area contributed by atoms with Gasteiger partial charge in [-0.2, -0.15) is 0 Å². The number of rotatable bonds is 5. The van der Waals surface area contributed by atoms with E-state index in [9.17, 15) is 5.11 Å². The standard InChI is InChI=1S/C25H21NO2/c27-20(17-28-21-14-13-18-7-1-2-8-19(18)15-21)16-26-24-11-5-3-9-22(24)23-10-4-6-12-25(23)26/h1-15,20,27H,16-17H2. The number of benzene rings is 4. The predicted molar refractivity (Wildman–Crippen MR) is 115 cm³/mol. The Morgan fingerprint density at radius 1 is 0.714 bits per heavy atom. The maximum Gasteiger partial charge on any atom is 0.120 e. The van der Waals surface area contributed by atoms with Crippen LogP contribution in [-0.2, 0) is 6.54 Å². The number of nitrogens with zero attached hydrogens (tertiary/aromatic N) is 1. The Kier molecular flexibility index (Phi) is 4.22. The molecule has 138 valence electrons. The third-order valence-corrected chi connectivity index (χ3v) is 5.24. The van der Waals surface area contributed by atoms with E-state index in [1.807, 2.05) is 42.5 Å². The lowest BCUT2D eigenvalue weighted by Gasteiger charge is -2.15. The second kappa shape index (κ2) is 7.02. The second-order valence-electron chi connectivity index (χ2n) is 7.12. The minimum absolute atomic E-state index is 0.249. The molecule has 0 aliphatic carbocycles. The van der Waals surface area contributed by atoms with Gasteiger partial charge in [0.1, 0.15) is 18.5 Å². The van der Waals surface area contributed by atoms with Crippen LogP contribution in [0.2, 0.25) is 0 Å². The van der Waals surface area contributed by atoms with Crippen molar-refractivity contribution in [3.63, 3.8) is 0 Å². The van der Waals surface area contributed by atoms with Gasteiger partial charge in [-0.3, -0.25) is 0 Å². The van der Waals surface area contributed by atoms with Crippen molar-refractivity contribution in [1.29, 1.82) is 0 Å². The van der Waals surface area contributed by atoms with Crippen LogP contribution >= 0.6 is 0 Å². The van der Waals surface area contributed by atoms with Crippen molar-refractivity contribution in [2.24, 2.45) is 0 Å². The molecule has 0 aliphatic heterocycles. The van der Waals surface area contributed by atoms with E-state index in [1.54, 1.807) is 0 Å². The van der Waals surface area contributed by atoms with Gasteiger partial charge in [0.15, 0.2) is 0 Å². The van der Waals surface area contributed by atoms with E-state index in [4.69, 9.17) is 4.74 Å². The summed E-state index contributed by atoms with van der Waals surface area (Å²) < 4.78 is 8.07. The molecule has 1 atom stereocenters. The van der Waals surface area contributed by atoms with Gasteiger partial charge in [0.05, 0.1) is 6.54 Å². The van der Waals surface area contributed by atoms with Crippen molar-refractivity contribution in [2.75, 3.05) is 6.61 Å². The van der Waals surface area contributed by atoms with Crippen LogP contribution in [0.3, 0.4) is 0 Å². The number of fused-ring (bicyclic) bond motifs is 4. The Balaban J connectivity index is 1.38. The molecule has 5 aromatic rings. The summed E-state index contributed by atoms with van der Waals surface area (Å²) in [4.78, 5) is 0. The minimum atomic E-state index is -0.606. The average Bonchev–Trinajstić information content (AvgIpc) is 3.06. The van der Waals surface area contributed by atoms with Crippen molar-refractivity contribution < 1.29 is 9.84 Å². The number of hydrogen-bond donors (Lipinski definition) is 1. The van der Waals surface area contributed by atoms with Gasteiger partial charge >= 0.3 is 0 Å². The third kappa shape index (κ3) is 3.00. The maximum absolute atomic E-state index is 10.7. The average molecular weight is 367 g/mol.